The highest BCUT2D eigenvalue weighted by atomic mass is 35.5. The lowest BCUT2D eigenvalue weighted by Crippen LogP contribution is -2.09. The number of rotatable bonds is 3. The van der Waals surface area contributed by atoms with Gasteiger partial charge in [0.25, 0.3) is 5.24 Å². The lowest BCUT2D eigenvalue weighted by atomic mass is 10.4. The Bertz CT molecular complexity index is 356. The van der Waals surface area contributed by atoms with Crippen molar-refractivity contribution in [2.75, 3.05) is 0 Å². The molecule has 1 rings (SSSR count). The molecule has 0 fully saturated rings. The van der Waals surface area contributed by atoms with E-state index in [2.05, 4.69) is 0 Å². The second-order valence-corrected chi connectivity index (χ2v) is 4.61. The van der Waals surface area contributed by atoms with Gasteiger partial charge in [-0.2, -0.15) is 0 Å². The zero-order chi connectivity index (χ0) is 10.7. The van der Waals surface area contributed by atoms with Crippen LogP contribution in [0.4, 0.5) is 0 Å². The van der Waals surface area contributed by atoms with E-state index in [-0.39, 0.29) is 0 Å². The Morgan fingerprint density at radius 3 is 2.64 bits per heavy atom. The second-order valence-electron chi connectivity index (χ2n) is 2.33. The van der Waals surface area contributed by atoms with E-state index >= 15 is 0 Å². The minimum absolute atomic E-state index is 0.302. The number of halogens is 3. The van der Waals surface area contributed by atoms with Gasteiger partial charge in [-0.3, -0.25) is 4.79 Å². The van der Waals surface area contributed by atoms with Gasteiger partial charge in [0, 0.05) is 4.90 Å². The predicted molar refractivity (Wildman–Crippen MR) is 59.2 cm³/mol. The summed E-state index contributed by atoms with van der Waals surface area (Å²) in [5.41, 5.74) is -1.33. The molecule has 2 nitrogen and oxygen atoms in total. The Morgan fingerprint density at radius 1 is 1.43 bits per heavy atom. The maximum Gasteiger partial charge on any atom is 0.260 e. The maximum atomic E-state index is 10.6. The van der Waals surface area contributed by atoms with Crippen LogP contribution in [-0.2, 0) is 4.79 Å². The third-order valence-corrected chi connectivity index (χ3v) is 3.65. The molecular formula is C8H5Cl3O2S. The topological polar surface area (TPSA) is 37.3 Å². The molecule has 0 aliphatic carbocycles. The van der Waals surface area contributed by atoms with E-state index in [1.807, 2.05) is 0 Å². The van der Waals surface area contributed by atoms with Crippen molar-refractivity contribution in [1.82, 2.24) is 0 Å². The van der Waals surface area contributed by atoms with Crippen LogP contribution in [0.5, 0.6) is 0 Å². The normalized spacial score (nSPS) is 12.6. The Morgan fingerprint density at radius 2 is 2.07 bits per heavy atom. The first kappa shape index (κ1) is 12.1. The smallest absolute Gasteiger partial charge is 0.260 e. The van der Waals surface area contributed by atoms with Gasteiger partial charge in [-0.25, -0.2) is 0 Å². The number of hydrogen-bond acceptors (Lipinski definition) is 3. The SMILES string of the molecule is O=C(Cl)C(O)Sc1cccc(Cl)c1Cl. The van der Waals surface area contributed by atoms with E-state index in [1.165, 1.54) is 0 Å². The van der Waals surface area contributed by atoms with Gasteiger partial charge >= 0.3 is 0 Å². The minimum atomic E-state index is -1.33. The summed E-state index contributed by atoms with van der Waals surface area (Å²) in [6.07, 6.45) is 0. The molecule has 1 unspecified atom stereocenters. The molecular weight excluding hydrogens is 267 g/mol. The minimum Gasteiger partial charge on any atom is -0.373 e. The van der Waals surface area contributed by atoms with Crippen molar-refractivity contribution in [3.63, 3.8) is 0 Å². The van der Waals surface area contributed by atoms with Gasteiger partial charge < -0.3 is 5.11 Å². The fraction of sp³-hybridized carbons (Fsp3) is 0.125. The molecule has 0 aliphatic heterocycles. The molecule has 6 heteroatoms. The summed E-state index contributed by atoms with van der Waals surface area (Å²) in [7, 11) is 0. The molecule has 0 aliphatic rings. The molecule has 0 spiro atoms. The summed E-state index contributed by atoms with van der Waals surface area (Å²) in [6, 6.07) is 4.92. The van der Waals surface area contributed by atoms with Crippen molar-refractivity contribution in [1.29, 1.82) is 0 Å². The molecule has 1 atom stereocenters. The van der Waals surface area contributed by atoms with Gasteiger partial charge in [-0.15, -0.1) is 0 Å². The lowest BCUT2D eigenvalue weighted by molar-refractivity contribution is -0.115. The Hall–Kier alpha value is 0.0700. The summed E-state index contributed by atoms with van der Waals surface area (Å²) >= 11 is 17.5. The standard InChI is InChI=1S/C8H5Cl3O2S/c9-4-2-1-3-5(6(4)10)14-8(13)7(11)12/h1-3,8,13H. The molecule has 1 aromatic carbocycles. The van der Waals surface area contributed by atoms with E-state index in [1.54, 1.807) is 18.2 Å². The van der Waals surface area contributed by atoms with E-state index in [4.69, 9.17) is 34.8 Å². The average Bonchev–Trinajstić information content (AvgIpc) is 2.12. The summed E-state index contributed by atoms with van der Waals surface area (Å²) in [4.78, 5) is 11.1. The second kappa shape index (κ2) is 5.24. The molecule has 0 bridgehead atoms. The number of hydrogen-bond donors (Lipinski definition) is 1. The number of thioether (sulfide) groups is 1. The van der Waals surface area contributed by atoms with Gasteiger partial charge in [0.2, 0.25) is 0 Å². The molecule has 0 radical (unpaired) electrons. The molecule has 1 aromatic rings. The van der Waals surface area contributed by atoms with E-state index in [9.17, 15) is 9.90 Å². The van der Waals surface area contributed by atoms with Crippen LogP contribution >= 0.6 is 46.6 Å². The van der Waals surface area contributed by atoms with Crippen molar-refractivity contribution in [2.24, 2.45) is 0 Å². The Kier molecular flexibility index (Phi) is 4.54. The zero-order valence-electron chi connectivity index (χ0n) is 6.71. The number of benzene rings is 1. The summed E-state index contributed by atoms with van der Waals surface area (Å²) < 4.78 is 0. The van der Waals surface area contributed by atoms with Crippen LogP contribution in [0.1, 0.15) is 0 Å². The third kappa shape index (κ3) is 3.04. The van der Waals surface area contributed by atoms with Crippen molar-refractivity contribution in [3.8, 4) is 0 Å². The third-order valence-electron chi connectivity index (χ3n) is 1.35. The molecule has 0 amide bonds. The van der Waals surface area contributed by atoms with E-state index < -0.39 is 10.7 Å². The van der Waals surface area contributed by atoms with Crippen molar-refractivity contribution in [2.45, 2.75) is 10.3 Å². The average molecular weight is 272 g/mol. The number of aliphatic hydroxyl groups is 1. The molecule has 1 N–H and O–H groups in total. The van der Waals surface area contributed by atoms with Crippen molar-refractivity contribution >= 4 is 51.8 Å². The first-order valence-corrected chi connectivity index (χ1v) is 5.52. The summed E-state index contributed by atoms with van der Waals surface area (Å²) in [5, 5.41) is 9.00. The number of carbonyl (C=O) groups is 1. The predicted octanol–water partition coefficient (Wildman–Crippen LogP) is 3.17. The Labute approximate surface area is 100 Å². The molecule has 0 aromatic heterocycles. The highest BCUT2D eigenvalue weighted by Crippen LogP contribution is 2.34. The van der Waals surface area contributed by atoms with E-state index in [0.717, 1.165) is 11.8 Å². The quantitative estimate of drug-likeness (QED) is 0.521. The number of aliphatic hydroxyl groups excluding tert-OH is 1. The van der Waals surface area contributed by atoms with E-state index in [0.29, 0.717) is 14.9 Å². The van der Waals surface area contributed by atoms with Gasteiger partial charge in [0.1, 0.15) is 0 Å². The first-order valence-electron chi connectivity index (χ1n) is 3.50. The van der Waals surface area contributed by atoms with Gasteiger partial charge in [-0.05, 0) is 23.7 Å². The number of carbonyl (C=O) groups excluding carboxylic acids is 1. The first-order chi connectivity index (χ1) is 6.52. The van der Waals surface area contributed by atoms with Gasteiger partial charge in [0.05, 0.1) is 10.0 Å². The summed E-state index contributed by atoms with van der Waals surface area (Å²) in [5.74, 6) is 0. The summed E-state index contributed by atoms with van der Waals surface area (Å²) in [6.45, 7) is 0. The van der Waals surface area contributed by atoms with Crippen LogP contribution in [0, 0.1) is 0 Å². The molecule has 0 saturated heterocycles. The van der Waals surface area contributed by atoms with Crippen LogP contribution in [0.3, 0.4) is 0 Å². The van der Waals surface area contributed by atoms with Crippen LogP contribution in [0.2, 0.25) is 10.0 Å². The Balaban J connectivity index is 2.87. The molecule has 14 heavy (non-hydrogen) atoms. The fourth-order valence-corrected chi connectivity index (χ4v) is 2.07. The monoisotopic (exact) mass is 270 g/mol. The van der Waals surface area contributed by atoms with Crippen LogP contribution in [-0.4, -0.2) is 15.8 Å². The molecule has 0 saturated carbocycles. The van der Waals surface area contributed by atoms with Gasteiger partial charge in [0.15, 0.2) is 5.44 Å². The van der Waals surface area contributed by atoms with Crippen molar-refractivity contribution < 1.29 is 9.90 Å². The molecule has 0 heterocycles. The maximum absolute atomic E-state index is 10.6. The highest BCUT2D eigenvalue weighted by Gasteiger charge is 2.16. The highest BCUT2D eigenvalue weighted by molar-refractivity contribution is 8.00. The van der Waals surface area contributed by atoms with Crippen LogP contribution < -0.4 is 0 Å². The van der Waals surface area contributed by atoms with Crippen LogP contribution in [0.25, 0.3) is 0 Å². The molecule has 76 valence electrons. The zero-order valence-corrected chi connectivity index (χ0v) is 9.79. The van der Waals surface area contributed by atoms with Gasteiger partial charge in [-0.1, -0.05) is 41.0 Å². The lowest BCUT2D eigenvalue weighted by Gasteiger charge is -2.07. The largest absolute Gasteiger partial charge is 0.373 e. The van der Waals surface area contributed by atoms with Crippen LogP contribution in [0.15, 0.2) is 23.1 Å². The van der Waals surface area contributed by atoms with Crippen molar-refractivity contribution in [3.05, 3.63) is 28.2 Å². The fourth-order valence-electron chi connectivity index (χ4n) is 0.742.